The molecule has 0 saturated heterocycles. The monoisotopic (exact) mass is 354 g/mol. The first-order valence-electron chi connectivity index (χ1n) is 5.16. The first kappa shape index (κ1) is 15.6. The lowest BCUT2D eigenvalue weighted by Gasteiger charge is -2.03. The normalized spacial score (nSPS) is 11.0. The molecule has 0 spiro atoms. The van der Waals surface area contributed by atoms with E-state index in [4.69, 9.17) is 5.73 Å². The Morgan fingerprint density at radius 2 is 2.38 bits per heavy atom. The van der Waals surface area contributed by atoms with Gasteiger partial charge >= 0.3 is 0 Å². The summed E-state index contributed by atoms with van der Waals surface area (Å²) in [5.41, 5.74) is 8.58. The lowest BCUT2D eigenvalue weighted by Crippen LogP contribution is -2.32. The first-order valence-corrected chi connectivity index (χ1v) is 6.04. The SMILES string of the molecule is CCCCNC(N)=NCc1scnc1C.I. The summed E-state index contributed by atoms with van der Waals surface area (Å²) >= 11 is 1.62. The minimum atomic E-state index is 0. The van der Waals surface area contributed by atoms with E-state index >= 15 is 0 Å². The molecule has 3 N–H and O–H groups in total. The van der Waals surface area contributed by atoms with Gasteiger partial charge in [0.25, 0.3) is 0 Å². The van der Waals surface area contributed by atoms with Gasteiger partial charge < -0.3 is 11.1 Å². The molecule has 92 valence electrons. The maximum atomic E-state index is 5.70. The Labute approximate surface area is 118 Å². The molecule has 0 bridgehead atoms. The Balaban J connectivity index is 0.00000225. The first-order chi connectivity index (χ1) is 7.24. The Hall–Kier alpha value is -0.370. The van der Waals surface area contributed by atoms with E-state index in [1.807, 2.05) is 12.4 Å². The fourth-order valence-corrected chi connectivity index (χ4v) is 1.78. The van der Waals surface area contributed by atoms with Crippen molar-refractivity contribution in [2.75, 3.05) is 6.54 Å². The molecule has 1 rings (SSSR count). The molecule has 1 heterocycles. The van der Waals surface area contributed by atoms with E-state index in [0.29, 0.717) is 12.5 Å². The topological polar surface area (TPSA) is 63.3 Å². The van der Waals surface area contributed by atoms with Crippen LogP contribution in [0.5, 0.6) is 0 Å². The molecule has 0 fully saturated rings. The van der Waals surface area contributed by atoms with Crippen molar-refractivity contribution < 1.29 is 0 Å². The smallest absolute Gasteiger partial charge is 0.188 e. The summed E-state index contributed by atoms with van der Waals surface area (Å²) in [6.07, 6.45) is 2.28. The number of nitrogens with one attached hydrogen (secondary N) is 1. The van der Waals surface area contributed by atoms with E-state index in [1.54, 1.807) is 11.3 Å². The molecular weight excluding hydrogens is 335 g/mol. The fourth-order valence-electron chi connectivity index (χ4n) is 1.08. The number of rotatable bonds is 5. The number of unbranched alkanes of at least 4 members (excludes halogenated alkanes) is 1. The minimum Gasteiger partial charge on any atom is -0.370 e. The second kappa shape index (κ2) is 8.74. The maximum Gasteiger partial charge on any atom is 0.188 e. The molecule has 4 nitrogen and oxygen atoms in total. The number of hydrogen-bond acceptors (Lipinski definition) is 3. The van der Waals surface area contributed by atoms with E-state index in [0.717, 1.165) is 25.1 Å². The highest BCUT2D eigenvalue weighted by molar-refractivity contribution is 14.0. The lowest BCUT2D eigenvalue weighted by molar-refractivity contribution is 0.748. The number of thiazole rings is 1. The van der Waals surface area contributed by atoms with E-state index in [2.05, 4.69) is 22.2 Å². The molecule has 16 heavy (non-hydrogen) atoms. The molecule has 0 aliphatic heterocycles. The van der Waals surface area contributed by atoms with Crippen LogP contribution < -0.4 is 11.1 Å². The molecule has 6 heteroatoms. The van der Waals surface area contributed by atoms with Crippen LogP contribution in [0, 0.1) is 6.92 Å². The van der Waals surface area contributed by atoms with Gasteiger partial charge in [0.1, 0.15) is 0 Å². The molecule has 0 aliphatic rings. The van der Waals surface area contributed by atoms with Gasteiger partial charge in [0.05, 0.1) is 17.7 Å². The summed E-state index contributed by atoms with van der Waals surface area (Å²) in [7, 11) is 0. The van der Waals surface area contributed by atoms with Crippen LogP contribution >= 0.6 is 35.3 Å². The van der Waals surface area contributed by atoms with E-state index < -0.39 is 0 Å². The summed E-state index contributed by atoms with van der Waals surface area (Å²) in [5, 5.41) is 3.08. The van der Waals surface area contributed by atoms with E-state index in [9.17, 15) is 0 Å². The van der Waals surface area contributed by atoms with Crippen LogP contribution in [0.1, 0.15) is 30.3 Å². The van der Waals surface area contributed by atoms with Gasteiger partial charge in [0.2, 0.25) is 0 Å². The maximum absolute atomic E-state index is 5.70. The van der Waals surface area contributed by atoms with Gasteiger partial charge in [0.15, 0.2) is 5.96 Å². The largest absolute Gasteiger partial charge is 0.370 e. The van der Waals surface area contributed by atoms with Gasteiger partial charge in [-0.2, -0.15) is 0 Å². The van der Waals surface area contributed by atoms with Crippen molar-refractivity contribution >= 4 is 41.3 Å². The fraction of sp³-hybridized carbons (Fsp3) is 0.600. The van der Waals surface area contributed by atoms with Gasteiger partial charge in [-0.05, 0) is 13.3 Å². The van der Waals surface area contributed by atoms with Crippen LogP contribution in [0.25, 0.3) is 0 Å². The number of aryl methyl sites for hydroxylation is 1. The molecule has 1 aromatic heterocycles. The molecule has 0 atom stereocenters. The number of aliphatic imine (C=N–C) groups is 1. The Morgan fingerprint density at radius 1 is 1.62 bits per heavy atom. The van der Waals surface area contributed by atoms with Crippen LogP contribution in [0.2, 0.25) is 0 Å². The zero-order valence-electron chi connectivity index (χ0n) is 9.69. The standard InChI is InChI=1S/C10H18N4S.HI/c1-3-4-5-12-10(11)13-6-9-8(2)14-7-15-9;/h7H,3-6H2,1-2H3,(H3,11,12,13);1H. The Bertz CT molecular complexity index is 324. The number of nitrogens with two attached hydrogens (primary N) is 1. The molecule has 0 aliphatic carbocycles. The van der Waals surface area contributed by atoms with E-state index in [1.165, 1.54) is 4.88 Å². The predicted octanol–water partition coefficient (Wildman–Crippen LogP) is 2.27. The third-order valence-electron chi connectivity index (χ3n) is 2.07. The number of nitrogens with zero attached hydrogens (tertiary/aromatic N) is 2. The summed E-state index contributed by atoms with van der Waals surface area (Å²) in [4.78, 5) is 9.59. The minimum absolute atomic E-state index is 0. The Kier molecular flexibility index (Phi) is 8.54. The molecule has 0 unspecified atom stereocenters. The zero-order chi connectivity index (χ0) is 11.1. The third-order valence-corrected chi connectivity index (χ3v) is 2.99. The van der Waals surface area contributed by atoms with Crippen molar-refractivity contribution in [3.8, 4) is 0 Å². The lowest BCUT2D eigenvalue weighted by atomic mass is 10.3. The van der Waals surface area contributed by atoms with Crippen LogP contribution in [0.4, 0.5) is 0 Å². The van der Waals surface area contributed by atoms with Crippen molar-refractivity contribution in [2.24, 2.45) is 10.7 Å². The van der Waals surface area contributed by atoms with Crippen LogP contribution in [0.15, 0.2) is 10.5 Å². The van der Waals surface area contributed by atoms with Crippen molar-refractivity contribution in [3.63, 3.8) is 0 Å². The summed E-state index contributed by atoms with van der Waals surface area (Å²) in [6.45, 7) is 5.66. The van der Waals surface area contributed by atoms with Gasteiger partial charge in [-0.3, -0.25) is 0 Å². The third kappa shape index (κ3) is 5.64. The number of halogens is 1. The quantitative estimate of drug-likeness (QED) is 0.369. The van der Waals surface area contributed by atoms with Crippen LogP contribution in [-0.2, 0) is 6.54 Å². The van der Waals surface area contributed by atoms with Gasteiger partial charge in [0, 0.05) is 11.4 Å². The highest BCUT2D eigenvalue weighted by Crippen LogP contribution is 2.12. The predicted molar refractivity (Wildman–Crippen MR) is 80.5 cm³/mol. The highest BCUT2D eigenvalue weighted by atomic mass is 127. The van der Waals surface area contributed by atoms with Gasteiger partial charge in [-0.15, -0.1) is 35.3 Å². The van der Waals surface area contributed by atoms with Crippen LogP contribution in [0.3, 0.4) is 0 Å². The molecule has 0 aromatic carbocycles. The van der Waals surface area contributed by atoms with Gasteiger partial charge in [-0.25, -0.2) is 9.98 Å². The van der Waals surface area contributed by atoms with E-state index in [-0.39, 0.29) is 24.0 Å². The Morgan fingerprint density at radius 3 is 2.94 bits per heavy atom. The number of hydrogen-bond donors (Lipinski definition) is 2. The molecular formula is C10H19IN4S. The second-order valence-corrected chi connectivity index (χ2v) is 4.28. The summed E-state index contributed by atoms with van der Waals surface area (Å²) in [5.74, 6) is 0.524. The van der Waals surface area contributed by atoms with Crippen molar-refractivity contribution in [3.05, 3.63) is 16.1 Å². The number of guanidine groups is 1. The second-order valence-electron chi connectivity index (χ2n) is 3.34. The van der Waals surface area contributed by atoms with Crippen molar-refractivity contribution in [1.29, 1.82) is 0 Å². The van der Waals surface area contributed by atoms with Crippen LogP contribution in [-0.4, -0.2) is 17.5 Å². The summed E-state index contributed by atoms with van der Waals surface area (Å²) in [6, 6.07) is 0. The average molecular weight is 354 g/mol. The zero-order valence-corrected chi connectivity index (χ0v) is 12.8. The van der Waals surface area contributed by atoms with Crippen molar-refractivity contribution in [2.45, 2.75) is 33.2 Å². The highest BCUT2D eigenvalue weighted by Gasteiger charge is 1.99. The number of aromatic nitrogens is 1. The summed E-state index contributed by atoms with van der Waals surface area (Å²) < 4.78 is 0. The molecule has 0 amide bonds. The van der Waals surface area contributed by atoms with Crippen molar-refractivity contribution in [1.82, 2.24) is 10.3 Å². The van der Waals surface area contributed by atoms with Gasteiger partial charge in [-0.1, -0.05) is 13.3 Å². The molecule has 1 aromatic rings. The average Bonchev–Trinajstić information content (AvgIpc) is 2.61. The molecule has 0 radical (unpaired) electrons. The molecule has 0 saturated carbocycles.